The van der Waals surface area contributed by atoms with Crippen molar-refractivity contribution in [3.8, 4) is 0 Å². The molecule has 170 valence electrons. The third-order valence-electron chi connectivity index (χ3n) is 5.42. The first-order chi connectivity index (χ1) is 15.2. The third-order valence-corrected chi connectivity index (χ3v) is 7.52. The quantitative estimate of drug-likeness (QED) is 0.585. The van der Waals surface area contributed by atoms with Crippen LogP contribution < -0.4 is 10.2 Å². The summed E-state index contributed by atoms with van der Waals surface area (Å²) in [4.78, 5) is 19.0. The van der Waals surface area contributed by atoms with Crippen molar-refractivity contribution >= 4 is 44.3 Å². The Bertz CT molecular complexity index is 1260. The Balaban J connectivity index is 1.49. The van der Waals surface area contributed by atoms with Gasteiger partial charge < -0.3 is 10.2 Å². The number of aromatic nitrogens is 3. The average Bonchev–Trinajstić information content (AvgIpc) is 3.16. The predicted molar refractivity (Wildman–Crippen MR) is 121 cm³/mol. The van der Waals surface area contributed by atoms with Crippen LogP contribution >= 0.6 is 11.6 Å². The number of amides is 1. The largest absolute Gasteiger partial charge is 0.385 e. The van der Waals surface area contributed by atoms with Crippen molar-refractivity contribution in [3.63, 3.8) is 0 Å². The second kappa shape index (κ2) is 9.05. The summed E-state index contributed by atoms with van der Waals surface area (Å²) in [6.45, 7) is 4.55. The number of sulfonamides is 1. The fourth-order valence-electron chi connectivity index (χ4n) is 3.72. The van der Waals surface area contributed by atoms with E-state index in [2.05, 4.69) is 15.6 Å². The second-order valence-corrected chi connectivity index (χ2v) is 10.4. The Kier molecular flexibility index (Phi) is 6.36. The van der Waals surface area contributed by atoms with Crippen molar-refractivity contribution in [2.75, 3.05) is 25.0 Å². The van der Waals surface area contributed by atoms with E-state index < -0.39 is 15.9 Å². The summed E-state index contributed by atoms with van der Waals surface area (Å²) < 4.78 is 27.7. The molecule has 2 heterocycles. The monoisotopic (exact) mass is 477 g/mol. The van der Waals surface area contributed by atoms with Crippen LogP contribution in [0.25, 0.3) is 11.0 Å². The number of anilines is 1. The van der Waals surface area contributed by atoms with Crippen LogP contribution in [0.3, 0.4) is 0 Å². The number of nitrogens with one attached hydrogen (secondary N) is 1. The lowest BCUT2D eigenvalue weighted by Gasteiger charge is -2.30. The van der Waals surface area contributed by atoms with Crippen LogP contribution in [0.15, 0.2) is 41.3 Å². The number of hydrogen-bond acceptors (Lipinski definition) is 6. The van der Waals surface area contributed by atoms with Crippen LogP contribution in [0.4, 0.5) is 5.69 Å². The molecule has 1 aliphatic rings. The van der Waals surface area contributed by atoms with Gasteiger partial charge in [-0.05, 0) is 72.9 Å². The normalized spacial score (nSPS) is 17.4. The van der Waals surface area contributed by atoms with Gasteiger partial charge in [0.15, 0.2) is 6.61 Å². The van der Waals surface area contributed by atoms with E-state index in [-0.39, 0.29) is 11.5 Å². The number of rotatable bonds is 6. The summed E-state index contributed by atoms with van der Waals surface area (Å²) in [7, 11) is -3.64. The Labute approximate surface area is 191 Å². The van der Waals surface area contributed by atoms with Gasteiger partial charge in [0.1, 0.15) is 11.0 Å². The SMILES string of the molecule is Cc1cc(Cl)ccc1NC(=O)COn1nnc2ccc(S(=O)(=O)N3CCCC(C)C3)cc21. The van der Waals surface area contributed by atoms with Gasteiger partial charge in [0.05, 0.1) is 4.90 Å². The molecule has 32 heavy (non-hydrogen) atoms. The lowest BCUT2D eigenvalue weighted by Crippen LogP contribution is -2.39. The molecule has 1 fully saturated rings. The molecule has 1 atom stereocenters. The number of carbonyl (C=O) groups is 1. The molecule has 2 aromatic carbocycles. The van der Waals surface area contributed by atoms with Crippen molar-refractivity contribution in [2.24, 2.45) is 5.92 Å². The lowest BCUT2D eigenvalue weighted by molar-refractivity contribution is -0.121. The minimum atomic E-state index is -3.64. The van der Waals surface area contributed by atoms with Gasteiger partial charge in [-0.25, -0.2) is 8.42 Å². The number of fused-ring (bicyclic) bond motifs is 1. The fraction of sp³-hybridized carbons (Fsp3) is 0.381. The summed E-state index contributed by atoms with van der Waals surface area (Å²) in [5, 5.41) is 11.2. The summed E-state index contributed by atoms with van der Waals surface area (Å²) in [5.74, 6) is -0.0780. The van der Waals surface area contributed by atoms with E-state index in [0.717, 1.165) is 23.3 Å². The van der Waals surface area contributed by atoms with Crippen LogP contribution in [-0.2, 0) is 14.8 Å². The van der Waals surface area contributed by atoms with E-state index in [1.165, 1.54) is 16.4 Å². The van der Waals surface area contributed by atoms with Gasteiger partial charge in [0.25, 0.3) is 5.91 Å². The number of nitrogens with zero attached hydrogens (tertiary/aromatic N) is 4. The highest BCUT2D eigenvalue weighted by Crippen LogP contribution is 2.25. The van der Waals surface area contributed by atoms with Crippen LogP contribution in [0, 0.1) is 12.8 Å². The number of hydrogen-bond donors (Lipinski definition) is 1. The molecule has 1 unspecified atom stereocenters. The van der Waals surface area contributed by atoms with Gasteiger partial charge in [-0.1, -0.05) is 23.4 Å². The maximum atomic E-state index is 13.1. The highest BCUT2D eigenvalue weighted by Gasteiger charge is 2.29. The van der Waals surface area contributed by atoms with E-state index in [1.54, 1.807) is 24.3 Å². The predicted octanol–water partition coefficient (Wildman–Crippen LogP) is 2.88. The second-order valence-electron chi connectivity index (χ2n) is 8.00. The lowest BCUT2D eigenvalue weighted by atomic mass is 10.0. The molecule has 3 aromatic rings. The van der Waals surface area contributed by atoms with Crippen molar-refractivity contribution < 1.29 is 18.0 Å². The van der Waals surface area contributed by atoms with E-state index >= 15 is 0 Å². The number of aryl methyl sites for hydroxylation is 1. The average molecular weight is 478 g/mol. The van der Waals surface area contributed by atoms with E-state index in [9.17, 15) is 13.2 Å². The summed E-state index contributed by atoms with van der Waals surface area (Å²) in [5.41, 5.74) is 2.27. The van der Waals surface area contributed by atoms with Gasteiger partial charge in [0, 0.05) is 23.8 Å². The summed E-state index contributed by atoms with van der Waals surface area (Å²) in [6.07, 6.45) is 1.86. The molecule has 9 nitrogen and oxygen atoms in total. The van der Waals surface area contributed by atoms with Crippen molar-refractivity contribution in [3.05, 3.63) is 47.0 Å². The van der Waals surface area contributed by atoms with Gasteiger partial charge in [-0.15, -0.1) is 5.10 Å². The summed E-state index contributed by atoms with van der Waals surface area (Å²) in [6, 6.07) is 9.71. The molecule has 1 aromatic heterocycles. The van der Waals surface area contributed by atoms with Gasteiger partial charge in [0.2, 0.25) is 10.0 Å². The van der Waals surface area contributed by atoms with Crippen molar-refractivity contribution in [2.45, 2.75) is 31.6 Å². The van der Waals surface area contributed by atoms with E-state index in [4.69, 9.17) is 16.4 Å². The number of benzene rings is 2. The Morgan fingerprint density at radius 2 is 2.09 bits per heavy atom. The first-order valence-electron chi connectivity index (χ1n) is 10.3. The topological polar surface area (TPSA) is 106 Å². The first-order valence-corrected chi connectivity index (χ1v) is 12.1. The molecule has 1 amide bonds. The standard InChI is InChI=1S/C21H24ClN5O4S/c1-14-4-3-9-26(12-14)32(29,30)17-6-8-19-20(11-17)27(25-24-19)31-13-21(28)23-18-7-5-16(22)10-15(18)2/h5-8,10-11,14H,3-4,9,12-13H2,1-2H3,(H,23,28). The number of halogens is 1. The zero-order valence-electron chi connectivity index (χ0n) is 17.8. The third kappa shape index (κ3) is 4.72. The highest BCUT2D eigenvalue weighted by molar-refractivity contribution is 7.89. The zero-order chi connectivity index (χ0) is 22.9. The van der Waals surface area contributed by atoms with Gasteiger partial charge in [-0.3, -0.25) is 4.79 Å². The van der Waals surface area contributed by atoms with E-state index in [0.29, 0.717) is 40.8 Å². The van der Waals surface area contributed by atoms with Crippen LogP contribution in [0.5, 0.6) is 0 Å². The van der Waals surface area contributed by atoms with Crippen molar-refractivity contribution in [1.29, 1.82) is 0 Å². The van der Waals surface area contributed by atoms with Crippen LogP contribution in [-0.4, -0.2) is 53.5 Å². The molecule has 0 bridgehead atoms. The van der Waals surface area contributed by atoms with Gasteiger partial charge >= 0.3 is 0 Å². The number of carbonyl (C=O) groups excluding carboxylic acids is 1. The Morgan fingerprint density at radius 3 is 2.84 bits per heavy atom. The maximum absolute atomic E-state index is 13.1. The Morgan fingerprint density at radius 1 is 1.28 bits per heavy atom. The molecular weight excluding hydrogens is 454 g/mol. The van der Waals surface area contributed by atoms with E-state index in [1.807, 2.05) is 13.8 Å². The zero-order valence-corrected chi connectivity index (χ0v) is 19.4. The van der Waals surface area contributed by atoms with Crippen LogP contribution in [0.2, 0.25) is 5.02 Å². The minimum absolute atomic E-state index is 0.146. The van der Waals surface area contributed by atoms with Crippen LogP contribution in [0.1, 0.15) is 25.3 Å². The Hall–Kier alpha value is -2.69. The maximum Gasteiger partial charge on any atom is 0.265 e. The smallest absolute Gasteiger partial charge is 0.265 e. The molecule has 0 radical (unpaired) electrons. The highest BCUT2D eigenvalue weighted by atomic mass is 35.5. The molecule has 1 N–H and O–H groups in total. The number of piperidine rings is 1. The molecule has 0 spiro atoms. The van der Waals surface area contributed by atoms with Gasteiger partial charge in [-0.2, -0.15) is 4.31 Å². The molecule has 4 rings (SSSR count). The summed E-state index contributed by atoms with van der Waals surface area (Å²) >= 11 is 5.94. The molecule has 0 aliphatic carbocycles. The first kappa shape index (κ1) is 22.5. The molecule has 1 aliphatic heterocycles. The molecular formula is C21H24ClN5O4S. The molecule has 0 saturated carbocycles. The molecule has 11 heteroatoms. The van der Waals surface area contributed by atoms with Crippen molar-refractivity contribution in [1.82, 2.24) is 19.5 Å². The molecule has 1 saturated heterocycles. The minimum Gasteiger partial charge on any atom is -0.385 e. The fourth-order valence-corrected chi connectivity index (χ4v) is 5.57.